The van der Waals surface area contributed by atoms with Gasteiger partial charge in [0.05, 0.1) is 6.61 Å². The van der Waals surface area contributed by atoms with Crippen LogP contribution in [0, 0.1) is 11.8 Å². The first-order chi connectivity index (χ1) is 12.3. The van der Waals surface area contributed by atoms with E-state index in [0.717, 1.165) is 30.4 Å². The van der Waals surface area contributed by atoms with Gasteiger partial charge in [0.1, 0.15) is 0 Å². The smallest absolute Gasteiger partial charge is 0.343 e. The molecule has 2 atom stereocenters. The van der Waals surface area contributed by atoms with Crippen LogP contribution >= 0.6 is 15.9 Å². The molecule has 0 bridgehead atoms. The van der Waals surface area contributed by atoms with Crippen molar-refractivity contribution in [1.29, 1.82) is 0 Å². The first-order valence-corrected chi connectivity index (χ1v) is 9.85. The second-order valence-electron chi connectivity index (χ2n) is 7.36. The van der Waals surface area contributed by atoms with Crippen LogP contribution in [0.2, 0.25) is 0 Å². The minimum absolute atomic E-state index is 0.0853. The summed E-state index contributed by atoms with van der Waals surface area (Å²) < 4.78 is 33.8. The topological polar surface area (TPSA) is 58.6 Å². The highest BCUT2D eigenvalue weighted by Crippen LogP contribution is 2.48. The van der Waals surface area contributed by atoms with Crippen molar-refractivity contribution in [2.24, 2.45) is 11.8 Å². The molecule has 144 valence electrons. The Morgan fingerprint density at radius 3 is 2.50 bits per heavy atom. The van der Waals surface area contributed by atoms with Crippen molar-refractivity contribution >= 4 is 21.9 Å². The fourth-order valence-corrected chi connectivity index (χ4v) is 4.15. The maximum absolute atomic E-state index is 13.8. The number of hydrogen-bond donors (Lipinski definition) is 2. The van der Waals surface area contributed by atoms with E-state index < -0.39 is 29.8 Å². The van der Waals surface area contributed by atoms with Gasteiger partial charge in [0, 0.05) is 23.2 Å². The lowest BCUT2D eigenvalue weighted by Gasteiger charge is -2.33. The van der Waals surface area contributed by atoms with Gasteiger partial charge in [-0.05, 0) is 56.0 Å². The number of hydrogen-bond acceptors (Lipinski definition) is 4. The van der Waals surface area contributed by atoms with Gasteiger partial charge in [-0.15, -0.1) is 0 Å². The number of ether oxygens (including phenoxy) is 1. The maximum atomic E-state index is 13.8. The number of halogens is 3. The third-order valence-electron chi connectivity index (χ3n) is 5.50. The van der Waals surface area contributed by atoms with Crippen molar-refractivity contribution in [3.05, 3.63) is 34.3 Å². The highest BCUT2D eigenvalue weighted by Gasteiger charge is 2.54. The minimum atomic E-state index is -2.86. The summed E-state index contributed by atoms with van der Waals surface area (Å²) in [4.78, 5) is 12.8. The van der Waals surface area contributed by atoms with Crippen molar-refractivity contribution in [2.75, 3.05) is 19.7 Å². The predicted molar refractivity (Wildman–Crippen MR) is 96.9 cm³/mol. The summed E-state index contributed by atoms with van der Waals surface area (Å²) in [6.45, 7) is 1.95. The number of rotatable bonds is 5. The highest BCUT2D eigenvalue weighted by atomic mass is 79.9. The van der Waals surface area contributed by atoms with Gasteiger partial charge in [-0.1, -0.05) is 28.1 Å². The van der Waals surface area contributed by atoms with Crippen LogP contribution in [-0.2, 0) is 15.1 Å². The molecule has 26 heavy (non-hydrogen) atoms. The molecule has 3 rings (SSSR count). The van der Waals surface area contributed by atoms with Crippen LogP contribution in [0.25, 0.3) is 0 Å². The molecule has 1 aromatic rings. The Bertz CT molecular complexity index is 634. The Labute approximate surface area is 160 Å². The van der Waals surface area contributed by atoms with E-state index in [1.54, 1.807) is 24.3 Å². The average Bonchev–Trinajstić information content (AvgIpc) is 3.00. The molecule has 0 amide bonds. The summed E-state index contributed by atoms with van der Waals surface area (Å²) in [5, 5.41) is 14.5. The quantitative estimate of drug-likeness (QED) is 0.699. The molecule has 1 aliphatic heterocycles. The van der Waals surface area contributed by atoms with Crippen molar-refractivity contribution < 1.29 is 23.4 Å². The SMILES string of the molecule is O=C(OCC1CCNCC1)[C@](O)(c1ccc(Br)cc1)[C@@H]1CCC(F)(F)C1. The van der Waals surface area contributed by atoms with E-state index in [1.807, 2.05) is 0 Å². The molecule has 0 unspecified atom stereocenters. The summed E-state index contributed by atoms with van der Waals surface area (Å²) >= 11 is 3.31. The Hall–Kier alpha value is -1.05. The number of benzene rings is 1. The second kappa shape index (κ2) is 7.90. The summed E-state index contributed by atoms with van der Waals surface area (Å²) in [5.74, 6) is -4.30. The average molecular weight is 432 g/mol. The molecule has 2 N–H and O–H groups in total. The van der Waals surface area contributed by atoms with E-state index in [-0.39, 0.29) is 25.4 Å². The molecule has 1 aliphatic carbocycles. The fourth-order valence-electron chi connectivity index (χ4n) is 3.88. The largest absolute Gasteiger partial charge is 0.463 e. The molecule has 1 saturated carbocycles. The normalized spacial score (nSPS) is 25.6. The molecule has 0 radical (unpaired) electrons. The monoisotopic (exact) mass is 431 g/mol. The number of carbonyl (C=O) groups excluding carboxylic acids is 1. The van der Waals surface area contributed by atoms with Gasteiger partial charge in [-0.2, -0.15) is 0 Å². The van der Waals surface area contributed by atoms with Gasteiger partial charge in [0.2, 0.25) is 5.92 Å². The summed E-state index contributed by atoms with van der Waals surface area (Å²) in [7, 11) is 0. The zero-order chi connectivity index (χ0) is 18.8. The van der Waals surface area contributed by atoms with Crippen LogP contribution in [0.15, 0.2) is 28.7 Å². The highest BCUT2D eigenvalue weighted by molar-refractivity contribution is 9.10. The Kier molecular flexibility index (Phi) is 5.99. The van der Waals surface area contributed by atoms with Crippen molar-refractivity contribution in [1.82, 2.24) is 5.32 Å². The molecular formula is C19H24BrF2NO3. The van der Waals surface area contributed by atoms with Gasteiger partial charge in [0.25, 0.3) is 0 Å². The molecule has 2 aliphatic rings. The van der Waals surface area contributed by atoms with Crippen LogP contribution < -0.4 is 5.32 Å². The molecule has 0 aromatic heterocycles. The van der Waals surface area contributed by atoms with Gasteiger partial charge in [-0.3, -0.25) is 0 Å². The van der Waals surface area contributed by atoms with Crippen LogP contribution in [0.3, 0.4) is 0 Å². The molecular weight excluding hydrogens is 408 g/mol. The van der Waals surface area contributed by atoms with E-state index in [9.17, 15) is 18.7 Å². The maximum Gasteiger partial charge on any atom is 0.343 e. The van der Waals surface area contributed by atoms with E-state index in [2.05, 4.69) is 21.2 Å². The zero-order valence-electron chi connectivity index (χ0n) is 14.5. The van der Waals surface area contributed by atoms with Crippen LogP contribution in [0.4, 0.5) is 8.78 Å². The molecule has 1 saturated heterocycles. The van der Waals surface area contributed by atoms with Crippen molar-refractivity contribution in [2.45, 2.75) is 43.6 Å². The third kappa shape index (κ3) is 4.26. The Balaban J connectivity index is 1.80. The fraction of sp³-hybridized carbons (Fsp3) is 0.632. The van der Waals surface area contributed by atoms with Gasteiger partial charge >= 0.3 is 5.97 Å². The second-order valence-corrected chi connectivity index (χ2v) is 8.28. The van der Waals surface area contributed by atoms with E-state index in [1.165, 1.54) is 0 Å². The van der Waals surface area contributed by atoms with E-state index >= 15 is 0 Å². The molecule has 2 fully saturated rings. The summed E-state index contributed by atoms with van der Waals surface area (Å²) in [6, 6.07) is 6.56. The molecule has 0 spiro atoms. The van der Waals surface area contributed by atoms with Gasteiger partial charge < -0.3 is 15.2 Å². The standard InChI is InChI=1S/C19H24BrF2NO3/c20-16-3-1-14(2-4-16)19(25,15-5-8-18(21,22)11-15)17(24)26-12-13-6-9-23-10-7-13/h1-4,13,15,23,25H,5-12H2/t15-,19+/m1/s1. The number of carbonyl (C=O) groups is 1. The number of esters is 1. The number of nitrogens with one attached hydrogen (secondary N) is 1. The zero-order valence-corrected chi connectivity index (χ0v) is 16.1. The Morgan fingerprint density at radius 2 is 1.92 bits per heavy atom. The molecule has 7 heteroatoms. The number of alkyl halides is 2. The summed E-state index contributed by atoms with van der Waals surface area (Å²) in [6.07, 6.45) is 1.04. The van der Waals surface area contributed by atoms with Crippen molar-refractivity contribution in [3.63, 3.8) is 0 Å². The molecule has 1 aromatic carbocycles. The van der Waals surface area contributed by atoms with Gasteiger partial charge in [-0.25, -0.2) is 13.6 Å². The van der Waals surface area contributed by atoms with Crippen molar-refractivity contribution in [3.8, 4) is 0 Å². The molecule has 4 nitrogen and oxygen atoms in total. The third-order valence-corrected chi connectivity index (χ3v) is 6.03. The lowest BCUT2D eigenvalue weighted by Crippen LogP contribution is -2.44. The predicted octanol–water partition coefficient (Wildman–Crippen LogP) is 3.61. The minimum Gasteiger partial charge on any atom is -0.463 e. The lowest BCUT2D eigenvalue weighted by atomic mass is 9.80. The first kappa shape index (κ1) is 19.7. The van der Waals surface area contributed by atoms with Crippen LogP contribution in [0.1, 0.15) is 37.7 Å². The van der Waals surface area contributed by atoms with E-state index in [0.29, 0.717) is 5.56 Å². The lowest BCUT2D eigenvalue weighted by molar-refractivity contribution is -0.176. The Morgan fingerprint density at radius 1 is 1.27 bits per heavy atom. The van der Waals surface area contributed by atoms with E-state index in [4.69, 9.17) is 4.74 Å². The van der Waals surface area contributed by atoms with Gasteiger partial charge in [0.15, 0.2) is 5.60 Å². The number of piperidine rings is 1. The van der Waals surface area contributed by atoms with Crippen LogP contribution in [0.5, 0.6) is 0 Å². The molecule has 1 heterocycles. The number of aliphatic hydroxyl groups is 1. The summed E-state index contributed by atoms with van der Waals surface area (Å²) in [5.41, 5.74) is -1.74. The first-order valence-electron chi connectivity index (χ1n) is 9.05. The van der Waals surface area contributed by atoms with Crippen LogP contribution in [-0.4, -0.2) is 36.7 Å².